The summed E-state index contributed by atoms with van der Waals surface area (Å²) in [7, 11) is 1.97. The van der Waals surface area contributed by atoms with Gasteiger partial charge in [-0.05, 0) is 43.7 Å². The quantitative estimate of drug-likeness (QED) is 0.533. The van der Waals surface area contributed by atoms with Crippen molar-refractivity contribution in [3.8, 4) is 11.3 Å². The average Bonchev–Trinajstić information content (AvgIpc) is 3.61. The number of rotatable bonds is 9. The number of benzene rings is 1. The Labute approximate surface area is 231 Å². The Hall–Kier alpha value is -3.94. The van der Waals surface area contributed by atoms with Crippen LogP contribution in [0.25, 0.3) is 11.3 Å². The monoisotopic (exact) mass is 529 g/mol. The molecular formula is C31H39N5O3. The minimum absolute atomic E-state index is 0.108. The number of nitrogens with one attached hydrogen (secondary N) is 1. The molecule has 2 atom stereocenters. The van der Waals surface area contributed by atoms with E-state index in [-0.39, 0.29) is 23.6 Å². The van der Waals surface area contributed by atoms with E-state index in [4.69, 9.17) is 0 Å². The number of likely N-dealkylation sites (tertiary alicyclic amines) is 1. The molecule has 3 amide bonds. The van der Waals surface area contributed by atoms with Crippen molar-refractivity contribution in [2.75, 3.05) is 13.1 Å². The average molecular weight is 530 g/mol. The number of hydrogen-bond donors (Lipinski definition) is 1. The largest absolute Gasteiger partial charge is 0.350 e. The maximum Gasteiger partial charge on any atom is 0.255 e. The molecule has 39 heavy (non-hydrogen) atoms. The number of carbonyl (C=O) groups excluding carboxylic acids is 3. The summed E-state index contributed by atoms with van der Waals surface area (Å²) < 4.78 is 1.99. The van der Waals surface area contributed by atoms with Gasteiger partial charge in [-0.3, -0.25) is 14.4 Å². The molecule has 0 aliphatic carbocycles. The third-order valence-corrected chi connectivity index (χ3v) is 7.62. The Morgan fingerprint density at radius 2 is 1.95 bits per heavy atom. The number of nitrogens with zero attached hydrogens (tertiary/aromatic N) is 4. The SMILES string of the molecule is C=CC1=C(/C=C\C)CN(C(C(=O)N2CCCC2C(=O)NCc2ccc(-c3c(C)ncn3C)cc2)C(C)C)C1=O. The molecule has 8 nitrogen and oxygen atoms in total. The predicted octanol–water partition coefficient (Wildman–Crippen LogP) is 3.93. The zero-order valence-electron chi connectivity index (χ0n) is 23.6. The van der Waals surface area contributed by atoms with Crippen LogP contribution in [0.4, 0.5) is 0 Å². The van der Waals surface area contributed by atoms with Crippen molar-refractivity contribution >= 4 is 17.7 Å². The highest BCUT2D eigenvalue weighted by atomic mass is 16.2. The Bertz CT molecular complexity index is 1300. The zero-order chi connectivity index (χ0) is 28.3. The molecule has 0 saturated carbocycles. The van der Waals surface area contributed by atoms with Gasteiger partial charge in [0.1, 0.15) is 12.1 Å². The Kier molecular flexibility index (Phi) is 8.53. The van der Waals surface area contributed by atoms with E-state index in [9.17, 15) is 14.4 Å². The maximum absolute atomic E-state index is 13.9. The summed E-state index contributed by atoms with van der Waals surface area (Å²) in [6.45, 7) is 12.8. The molecule has 8 heteroatoms. The molecule has 1 aromatic heterocycles. The van der Waals surface area contributed by atoms with E-state index in [0.717, 1.165) is 34.5 Å². The molecule has 1 aromatic carbocycles. The molecule has 0 radical (unpaired) electrons. The molecular weight excluding hydrogens is 490 g/mol. The maximum atomic E-state index is 13.9. The van der Waals surface area contributed by atoms with Crippen molar-refractivity contribution in [3.05, 3.63) is 77.8 Å². The van der Waals surface area contributed by atoms with Crippen LogP contribution in [-0.4, -0.2) is 62.2 Å². The predicted molar refractivity (Wildman–Crippen MR) is 152 cm³/mol. The summed E-state index contributed by atoms with van der Waals surface area (Å²) in [4.78, 5) is 48.0. The summed E-state index contributed by atoms with van der Waals surface area (Å²) in [5.74, 6) is -0.627. The van der Waals surface area contributed by atoms with Crippen molar-refractivity contribution in [1.29, 1.82) is 0 Å². The lowest BCUT2D eigenvalue weighted by molar-refractivity contribution is -0.147. The lowest BCUT2D eigenvalue weighted by Crippen LogP contribution is -2.55. The number of aromatic nitrogens is 2. The normalized spacial score (nSPS) is 18.5. The molecule has 0 bridgehead atoms. The molecule has 2 aliphatic rings. The summed E-state index contributed by atoms with van der Waals surface area (Å²) >= 11 is 0. The molecule has 0 spiro atoms. The van der Waals surface area contributed by atoms with Crippen LogP contribution in [0.15, 0.2) is 66.5 Å². The lowest BCUT2D eigenvalue weighted by atomic mass is 10.00. The van der Waals surface area contributed by atoms with Gasteiger partial charge in [0.25, 0.3) is 5.91 Å². The van der Waals surface area contributed by atoms with E-state index in [1.807, 2.05) is 75.7 Å². The first-order valence-corrected chi connectivity index (χ1v) is 13.6. The minimum atomic E-state index is -0.647. The number of aryl methyl sites for hydroxylation is 2. The first-order chi connectivity index (χ1) is 18.7. The highest BCUT2D eigenvalue weighted by molar-refractivity contribution is 6.03. The Balaban J connectivity index is 1.43. The van der Waals surface area contributed by atoms with Gasteiger partial charge in [-0.15, -0.1) is 0 Å². The first kappa shape index (κ1) is 28.1. The third kappa shape index (κ3) is 5.60. The van der Waals surface area contributed by atoms with Gasteiger partial charge in [-0.25, -0.2) is 4.98 Å². The molecule has 2 unspecified atom stereocenters. The molecule has 4 rings (SSSR count). The third-order valence-electron chi connectivity index (χ3n) is 7.62. The second kappa shape index (κ2) is 11.8. The van der Waals surface area contributed by atoms with Gasteiger partial charge >= 0.3 is 0 Å². The number of hydrogen-bond acceptors (Lipinski definition) is 4. The fourth-order valence-corrected chi connectivity index (χ4v) is 5.72. The number of amides is 3. The topological polar surface area (TPSA) is 87.5 Å². The molecule has 206 valence electrons. The van der Waals surface area contributed by atoms with Gasteiger partial charge in [-0.1, -0.05) is 62.9 Å². The van der Waals surface area contributed by atoms with Crippen molar-refractivity contribution in [3.63, 3.8) is 0 Å². The van der Waals surface area contributed by atoms with Crippen molar-refractivity contribution in [1.82, 2.24) is 24.7 Å². The highest BCUT2D eigenvalue weighted by Gasteiger charge is 2.43. The van der Waals surface area contributed by atoms with E-state index in [2.05, 4.69) is 16.9 Å². The minimum Gasteiger partial charge on any atom is -0.350 e. The Morgan fingerprint density at radius 3 is 2.54 bits per heavy atom. The summed E-state index contributed by atoms with van der Waals surface area (Å²) in [5, 5.41) is 3.03. The van der Waals surface area contributed by atoms with Crippen LogP contribution in [0.3, 0.4) is 0 Å². The van der Waals surface area contributed by atoms with E-state index in [1.54, 1.807) is 22.2 Å². The summed E-state index contributed by atoms with van der Waals surface area (Å²) in [6, 6.07) is 6.87. The van der Waals surface area contributed by atoms with Crippen molar-refractivity contribution in [2.24, 2.45) is 13.0 Å². The Morgan fingerprint density at radius 1 is 1.23 bits per heavy atom. The highest BCUT2D eigenvalue weighted by Crippen LogP contribution is 2.29. The molecule has 3 heterocycles. The van der Waals surface area contributed by atoms with Gasteiger partial charge in [0.2, 0.25) is 11.8 Å². The van der Waals surface area contributed by atoms with E-state index < -0.39 is 12.1 Å². The molecule has 2 aromatic rings. The van der Waals surface area contributed by atoms with Crippen LogP contribution in [0.5, 0.6) is 0 Å². The summed E-state index contributed by atoms with van der Waals surface area (Å²) in [6.07, 6.45) is 8.50. The van der Waals surface area contributed by atoms with Gasteiger partial charge in [0.05, 0.1) is 17.7 Å². The fraction of sp³-hybridized carbons (Fsp3) is 0.419. The van der Waals surface area contributed by atoms with Crippen LogP contribution < -0.4 is 5.32 Å². The molecule has 1 saturated heterocycles. The second-order valence-corrected chi connectivity index (χ2v) is 10.7. The van der Waals surface area contributed by atoms with Gasteiger partial charge < -0.3 is 19.7 Å². The van der Waals surface area contributed by atoms with Crippen molar-refractivity contribution in [2.45, 2.75) is 59.2 Å². The van der Waals surface area contributed by atoms with E-state index in [0.29, 0.717) is 31.6 Å². The van der Waals surface area contributed by atoms with Crippen molar-refractivity contribution < 1.29 is 14.4 Å². The van der Waals surface area contributed by atoms with Crippen LogP contribution >= 0.6 is 0 Å². The number of allylic oxidation sites excluding steroid dienone is 1. The van der Waals surface area contributed by atoms with Crippen LogP contribution in [0.1, 0.15) is 44.9 Å². The zero-order valence-corrected chi connectivity index (χ0v) is 23.6. The standard InChI is InChI=1S/C31H39N5O3/c1-7-10-24-18-36(30(38)25(24)8-2)27(20(3)4)31(39)35-16-9-11-26(35)29(37)32-17-22-12-14-23(15-13-22)28-21(5)33-19-34(28)6/h7-8,10,12-15,19-20,26-27H,2,9,11,16-18H2,1,3-6H3,(H,32,37)/b10-7-. The second-order valence-electron chi connectivity index (χ2n) is 10.7. The molecule has 1 N–H and O–H groups in total. The first-order valence-electron chi connectivity index (χ1n) is 13.6. The molecule has 1 fully saturated rings. The van der Waals surface area contributed by atoms with Crippen LogP contribution in [-0.2, 0) is 28.0 Å². The fourth-order valence-electron chi connectivity index (χ4n) is 5.72. The van der Waals surface area contributed by atoms with Gasteiger partial charge in [0.15, 0.2) is 0 Å². The van der Waals surface area contributed by atoms with Crippen LogP contribution in [0, 0.1) is 12.8 Å². The van der Waals surface area contributed by atoms with E-state index in [1.165, 1.54) is 0 Å². The number of carbonyl (C=O) groups is 3. The lowest BCUT2D eigenvalue weighted by Gasteiger charge is -2.35. The number of imidazole rings is 1. The van der Waals surface area contributed by atoms with Gasteiger partial charge in [-0.2, -0.15) is 0 Å². The smallest absolute Gasteiger partial charge is 0.255 e. The van der Waals surface area contributed by atoms with Crippen LogP contribution in [0.2, 0.25) is 0 Å². The van der Waals surface area contributed by atoms with E-state index >= 15 is 0 Å². The van der Waals surface area contributed by atoms with Gasteiger partial charge in [0, 0.05) is 37.8 Å². The summed E-state index contributed by atoms with van der Waals surface area (Å²) in [5.41, 5.74) is 5.47. The molecule has 2 aliphatic heterocycles.